The van der Waals surface area contributed by atoms with Crippen molar-refractivity contribution < 1.29 is 24.5 Å². The summed E-state index contributed by atoms with van der Waals surface area (Å²) in [6.07, 6.45) is 19.3. The highest BCUT2D eigenvalue weighted by molar-refractivity contribution is 5.73. The van der Waals surface area contributed by atoms with Crippen LogP contribution in [0.1, 0.15) is 111 Å². The highest BCUT2D eigenvalue weighted by Crippen LogP contribution is 2.13. The highest BCUT2D eigenvalue weighted by Gasteiger charge is 2.14. The minimum absolute atomic E-state index is 0.0208. The number of hydrogen-bond donors (Lipinski definition) is 3. The minimum atomic E-state index is -0.931. The molecular weight excluding hydrogens is 406 g/mol. The number of aliphatic hydroxyl groups excluding tert-OH is 1. The van der Waals surface area contributed by atoms with E-state index in [1.807, 2.05) is 0 Å². The fourth-order valence-electron chi connectivity index (χ4n) is 3.32. The summed E-state index contributed by atoms with van der Waals surface area (Å²) in [5, 5.41) is 17.4. The molecule has 0 aromatic carbocycles. The lowest BCUT2D eigenvalue weighted by atomic mass is 10.0. The number of methoxy groups -OCH3 is 1. The van der Waals surface area contributed by atoms with Crippen LogP contribution in [-0.4, -0.2) is 55.8 Å². The van der Waals surface area contributed by atoms with Crippen LogP contribution in [0.2, 0.25) is 0 Å². The molecule has 194 valence electrons. The molecule has 32 heavy (non-hydrogen) atoms. The number of nitrogens with two attached hydrogens (primary N) is 1. The molecule has 0 aromatic heterocycles. The van der Waals surface area contributed by atoms with Crippen LogP contribution in [0.25, 0.3) is 0 Å². The lowest BCUT2D eigenvalue weighted by Crippen LogP contribution is -2.34. The van der Waals surface area contributed by atoms with Gasteiger partial charge in [0.05, 0.1) is 19.8 Å². The van der Waals surface area contributed by atoms with E-state index in [9.17, 15) is 4.79 Å². The van der Waals surface area contributed by atoms with E-state index in [1.165, 1.54) is 83.5 Å². The smallest absolute Gasteiger partial charge is 0.320 e. The molecule has 0 spiro atoms. The average Bonchev–Trinajstić information content (AvgIpc) is 2.77. The van der Waals surface area contributed by atoms with Gasteiger partial charge in [0, 0.05) is 19.6 Å². The predicted octanol–water partition coefficient (Wildman–Crippen LogP) is 5.79. The van der Waals surface area contributed by atoms with Crippen LogP contribution in [-0.2, 0) is 14.3 Å². The van der Waals surface area contributed by atoms with E-state index in [1.54, 1.807) is 21.0 Å². The van der Waals surface area contributed by atoms with Crippen LogP contribution in [0.15, 0.2) is 0 Å². The fourth-order valence-corrected chi connectivity index (χ4v) is 3.32. The van der Waals surface area contributed by atoms with Gasteiger partial charge in [0.25, 0.3) is 0 Å². The lowest BCUT2D eigenvalue weighted by Gasteiger charge is -2.13. The third kappa shape index (κ3) is 25.6. The topological polar surface area (TPSA) is 102 Å². The molecule has 0 amide bonds. The second-order valence-corrected chi connectivity index (χ2v) is 9.28. The standard InChI is InChI=1S/C21H44O3.C5H11NO2/c1-3-4-5-6-7-8-9-10-11-12-13-14-15-16-17-24-20-21(18-22)19-23-2;1-3(2)4(6)5(7)8/h21-22H,3-20H2,1-2H3;3-4H,6H2,1-2H3,(H,7,8)/t;4-/m.0/s1. The molecule has 0 aliphatic carbocycles. The molecule has 0 saturated carbocycles. The molecule has 0 aliphatic heterocycles. The number of carboxylic acid groups (broad SMARTS) is 1. The predicted molar refractivity (Wildman–Crippen MR) is 134 cm³/mol. The Hall–Kier alpha value is -0.690. The van der Waals surface area contributed by atoms with Crippen molar-refractivity contribution >= 4 is 5.97 Å². The SMILES string of the molecule is CC(C)[C@H](N)C(=O)O.CCCCCCCCCCCCCCCCOCC(CO)COC. The molecule has 0 aromatic rings. The summed E-state index contributed by atoms with van der Waals surface area (Å²) in [4.78, 5) is 10.0. The summed E-state index contributed by atoms with van der Waals surface area (Å²) in [5.41, 5.74) is 5.16. The molecule has 0 heterocycles. The van der Waals surface area contributed by atoms with Gasteiger partial charge in [-0.1, -0.05) is 104 Å². The van der Waals surface area contributed by atoms with Gasteiger partial charge in [-0.25, -0.2) is 0 Å². The summed E-state index contributed by atoms with van der Waals surface area (Å²) in [6, 6.07) is -0.713. The number of unbranched alkanes of at least 4 members (excludes halogenated alkanes) is 13. The first-order chi connectivity index (χ1) is 15.4. The van der Waals surface area contributed by atoms with Gasteiger partial charge in [-0.3, -0.25) is 4.79 Å². The summed E-state index contributed by atoms with van der Waals surface area (Å²) in [5.74, 6) is -0.783. The molecular formula is C26H55NO5. The van der Waals surface area contributed by atoms with Crippen molar-refractivity contribution in [3.8, 4) is 0 Å². The number of rotatable bonds is 22. The number of ether oxygens (including phenoxy) is 2. The van der Waals surface area contributed by atoms with Crippen molar-refractivity contribution in [3.05, 3.63) is 0 Å². The van der Waals surface area contributed by atoms with Gasteiger partial charge in [0.1, 0.15) is 6.04 Å². The molecule has 0 saturated heterocycles. The van der Waals surface area contributed by atoms with Gasteiger partial charge < -0.3 is 25.4 Å². The molecule has 6 nitrogen and oxygen atoms in total. The number of carboxylic acids is 1. The van der Waals surface area contributed by atoms with Crippen LogP contribution in [0.3, 0.4) is 0 Å². The zero-order valence-corrected chi connectivity index (χ0v) is 21.7. The maximum Gasteiger partial charge on any atom is 0.320 e. The Kier molecular flexibility index (Phi) is 27.8. The van der Waals surface area contributed by atoms with E-state index in [0.717, 1.165) is 13.0 Å². The van der Waals surface area contributed by atoms with E-state index in [-0.39, 0.29) is 18.4 Å². The quantitative estimate of drug-likeness (QED) is 0.176. The van der Waals surface area contributed by atoms with E-state index >= 15 is 0 Å². The third-order valence-corrected chi connectivity index (χ3v) is 5.66. The minimum Gasteiger partial charge on any atom is -0.480 e. The summed E-state index contributed by atoms with van der Waals surface area (Å²) in [7, 11) is 1.66. The molecule has 0 bridgehead atoms. The van der Waals surface area contributed by atoms with Crippen molar-refractivity contribution in [1.82, 2.24) is 0 Å². The monoisotopic (exact) mass is 461 g/mol. The molecule has 0 rings (SSSR count). The fraction of sp³-hybridized carbons (Fsp3) is 0.962. The van der Waals surface area contributed by atoms with Crippen molar-refractivity contribution in [1.29, 1.82) is 0 Å². The molecule has 4 N–H and O–H groups in total. The Morgan fingerprint density at radius 1 is 0.812 bits per heavy atom. The number of carbonyl (C=O) groups is 1. The Morgan fingerprint density at radius 2 is 1.25 bits per heavy atom. The molecule has 1 unspecified atom stereocenters. The zero-order chi connectivity index (χ0) is 24.5. The van der Waals surface area contributed by atoms with Crippen LogP contribution >= 0.6 is 0 Å². The number of hydrogen-bond acceptors (Lipinski definition) is 5. The third-order valence-electron chi connectivity index (χ3n) is 5.66. The second-order valence-electron chi connectivity index (χ2n) is 9.28. The molecule has 2 atom stereocenters. The summed E-state index contributed by atoms with van der Waals surface area (Å²) >= 11 is 0. The van der Waals surface area contributed by atoms with Crippen molar-refractivity contribution in [3.63, 3.8) is 0 Å². The van der Waals surface area contributed by atoms with Gasteiger partial charge in [-0.2, -0.15) is 0 Å². The maximum absolute atomic E-state index is 10.0. The van der Waals surface area contributed by atoms with Crippen LogP contribution < -0.4 is 5.73 Å². The average molecular weight is 462 g/mol. The Labute approximate surface area is 198 Å². The van der Waals surface area contributed by atoms with Crippen LogP contribution in [0, 0.1) is 11.8 Å². The maximum atomic E-state index is 10.0. The highest BCUT2D eigenvalue weighted by atomic mass is 16.5. The van der Waals surface area contributed by atoms with E-state index in [2.05, 4.69) is 6.92 Å². The summed E-state index contributed by atoms with van der Waals surface area (Å²) < 4.78 is 10.6. The Bertz CT molecular complexity index is 379. The number of aliphatic carboxylic acids is 1. The van der Waals surface area contributed by atoms with Crippen molar-refractivity contribution in [2.75, 3.05) is 33.5 Å². The Balaban J connectivity index is 0. The van der Waals surface area contributed by atoms with Gasteiger partial charge in [-0.05, 0) is 12.3 Å². The summed E-state index contributed by atoms with van der Waals surface area (Å²) in [6.45, 7) is 7.99. The number of aliphatic hydroxyl groups is 1. The first-order valence-corrected chi connectivity index (χ1v) is 13.1. The second kappa shape index (κ2) is 26.6. The first kappa shape index (κ1) is 33.5. The van der Waals surface area contributed by atoms with Gasteiger partial charge in [0.2, 0.25) is 0 Å². The van der Waals surface area contributed by atoms with E-state index in [4.69, 9.17) is 25.4 Å². The van der Waals surface area contributed by atoms with Gasteiger partial charge in [-0.15, -0.1) is 0 Å². The van der Waals surface area contributed by atoms with Crippen LogP contribution in [0.4, 0.5) is 0 Å². The van der Waals surface area contributed by atoms with Crippen molar-refractivity contribution in [2.45, 2.75) is 117 Å². The van der Waals surface area contributed by atoms with E-state index in [0.29, 0.717) is 13.2 Å². The zero-order valence-electron chi connectivity index (χ0n) is 21.7. The van der Waals surface area contributed by atoms with Gasteiger partial charge in [0.15, 0.2) is 0 Å². The van der Waals surface area contributed by atoms with Crippen LogP contribution in [0.5, 0.6) is 0 Å². The normalized spacial score (nSPS) is 13.0. The van der Waals surface area contributed by atoms with Crippen molar-refractivity contribution in [2.24, 2.45) is 17.6 Å². The first-order valence-electron chi connectivity index (χ1n) is 13.1. The van der Waals surface area contributed by atoms with Gasteiger partial charge >= 0.3 is 5.97 Å². The molecule has 0 radical (unpaired) electrons. The van der Waals surface area contributed by atoms with E-state index < -0.39 is 12.0 Å². The molecule has 6 heteroatoms. The Morgan fingerprint density at radius 3 is 1.56 bits per heavy atom. The largest absolute Gasteiger partial charge is 0.480 e. The molecule has 0 fully saturated rings. The molecule has 0 aliphatic rings. The lowest BCUT2D eigenvalue weighted by molar-refractivity contribution is -0.139.